The van der Waals surface area contributed by atoms with Crippen LogP contribution < -0.4 is 10.1 Å². The van der Waals surface area contributed by atoms with Crippen molar-refractivity contribution in [1.29, 1.82) is 0 Å². The van der Waals surface area contributed by atoms with Gasteiger partial charge in [0.2, 0.25) is 0 Å². The molecule has 8 nitrogen and oxygen atoms in total. The Balaban J connectivity index is 1.55. The van der Waals surface area contributed by atoms with Crippen LogP contribution in [0.25, 0.3) is 11.0 Å². The van der Waals surface area contributed by atoms with Crippen molar-refractivity contribution in [3.8, 4) is 5.75 Å². The number of hydrogen-bond donors (Lipinski definition) is 2. The Kier molecular flexibility index (Phi) is 10.6. The number of rotatable bonds is 15. The number of ether oxygens (including phenoxy) is 1. The van der Waals surface area contributed by atoms with Gasteiger partial charge in [-0.3, -0.25) is 14.6 Å². The van der Waals surface area contributed by atoms with Gasteiger partial charge in [0.05, 0.1) is 12.5 Å². The van der Waals surface area contributed by atoms with Crippen LogP contribution in [0.2, 0.25) is 0 Å². The lowest BCUT2D eigenvalue weighted by atomic mass is 9.91. The van der Waals surface area contributed by atoms with Crippen molar-refractivity contribution >= 4 is 28.5 Å². The number of benzene rings is 2. The average Bonchev–Trinajstić information content (AvgIpc) is 3.33. The predicted octanol–water partition coefficient (Wildman–Crippen LogP) is 7.63. The molecule has 2 atom stereocenters. The third-order valence-electron chi connectivity index (χ3n) is 7.68. The van der Waals surface area contributed by atoms with E-state index in [2.05, 4.69) is 31.1 Å². The quantitative estimate of drug-likeness (QED) is 0.141. The number of unbranched alkanes of at least 4 members (excludes halogenated alkanes) is 2. The molecule has 2 aromatic heterocycles. The summed E-state index contributed by atoms with van der Waals surface area (Å²) in [4.78, 5) is 29.1. The molecule has 8 heteroatoms. The third kappa shape index (κ3) is 7.90. The zero-order valence-corrected chi connectivity index (χ0v) is 24.9. The Morgan fingerprint density at radius 2 is 1.81 bits per heavy atom. The van der Waals surface area contributed by atoms with E-state index in [0.717, 1.165) is 58.6 Å². The number of nitrogens with zero attached hydrogens (tertiary/aromatic N) is 2. The molecule has 0 aliphatic rings. The van der Waals surface area contributed by atoms with Gasteiger partial charge in [0.1, 0.15) is 23.7 Å². The van der Waals surface area contributed by atoms with Gasteiger partial charge >= 0.3 is 5.97 Å². The van der Waals surface area contributed by atoms with Crippen LogP contribution in [0, 0.1) is 12.8 Å². The highest BCUT2D eigenvalue weighted by Crippen LogP contribution is 2.38. The van der Waals surface area contributed by atoms with Crippen LogP contribution >= 0.6 is 0 Å². The monoisotopic (exact) mass is 571 g/mol. The number of carboxylic acid groups (broad SMARTS) is 1. The number of aliphatic carboxylic acids is 1. The van der Waals surface area contributed by atoms with Crippen molar-refractivity contribution in [2.75, 3.05) is 18.9 Å². The Morgan fingerprint density at radius 3 is 2.50 bits per heavy atom. The number of carboxylic acids is 1. The minimum atomic E-state index is -0.928. The minimum absolute atomic E-state index is 0.0739. The lowest BCUT2D eigenvalue weighted by molar-refractivity contribution is -0.137. The number of hydrogen-bond acceptors (Lipinski definition) is 6. The number of furan rings is 1. The molecule has 4 aromatic rings. The first kappa shape index (κ1) is 30.6. The minimum Gasteiger partial charge on any atom is -0.489 e. The molecule has 1 amide bonds. The van der Waals surface area contributed by atoms with Crippen molar-refractivity contribution in [3.05, 3.63) is 89.4 Å². The first-order chi connectivity index (χ1) is 20.3. The van der Waals surface area contributed by atoms with E-state index in [-0.39, 0.29) is 24.9 Å². The standard InChI is InChI=1S/C34H41N3O5/c1-5-6-7-8-23(2)32(36-27-11-9-26(10-12-27)34(40)37(4)20-17-31(38)39)33-24(3)29-21-28(13-14-30(29)42-33)41-22-25-15-18-35-19-16-25/h9-16,18-19,21,23,32,36H,5-8,17,20,22H2,1-4H3,(H,38,39). The fraction of sp³-hybridized carbons (Fsp3) is 0.382. The van der Waals surface area contributed by atoms with Crippen molar-refractivity contribution in [2.45, 2.75) is 65.5 Å². The smallest absolute Gasteiger partial charge is 0.305 e. The first-order valence-electron chi connectivity index (χ1n) is 14.7. The summed E-state index contributed by atoms with van der Waals surface area (Å²) in [7, 11) is 1.62. The number of aryl methyl sites for hydroxylation is 1. The van der Waals surface area contributed by atoms with E-state index in [1.54, 1.807) is 31.6 Å². The van der Waals surface area contributed by atoms with Crippen LogP contribution in [0.5, 0.6) is 5.75 Å². The molecule has 2 aromatic carbocycles. The molecule has 0 spiro atoms. The number of aromatic nitrogens is 1. The number of nitrogens with one attached hydrogen (secondary N) is 1. The van der Waals surface area contributed by atoms with Gasteiger partial charge in [-0.15, -0.1) is 0 Å². The average molecular weight is 572 g/mol. The third-order valence-corrected chi connectivity index (χ3v) is 7.68. The summed E-state index contributed by atoms with van der Waals surface area (Å²) in [6.07, 6.45) is 7.96. The molecule has 0 saturated carbocycles. The molecule has 0 aliphatic heterocycles. The van der Waals surface area contributed by atoms with Gasteiger partial charge < -0.3 is 24.5 Å². The topological polar surface area (TPSA) is 105 Å². The zero-order valence-electron chi connectivity index (χ0n) is 24.9. The van der Waals surface area contributed by atoms with E-state index in [0.29, 0.717) is 18.1 Å². The number of amides is 1. The molecule has 0 aliphatic carbocycles. The molecule has 0 fully saturated rings. The number of anilines is 1. The number of carbonyl (C=O) groups excluding carboxylic acids is 1. The van der Waals surface area contributed by atoms with Crippen molar-refractivity contribution in [1.82, 2.24) is 9.88 Å². The van der Waals surface area contributed by atoms with Crippen LogP contribution in [-0.2, 0) is 11.4 Å². The van der Waals surface area contributed by atoms with Crippen LogP contribution in [0.1, 0.15) is 79.2 Å². The summed E-state index contributed by atoms with van der Waals surface area (Å²) in [6, 6.07) is 17.1. The highest BCUT2D eigenvalue weighted by molar-refractivity contribution is 5.94. The second-order valence-electron chi connectivity index (χ2n) is 10.9. The largest absolute Gasteiger partial charge is 0.489 e. The SMILES string of the molecule is CCCCCC(C)C(Nc1ccc(C(=O)N(C)CCC(=O)O)cc1)c1oc2ccc(OCc3ccncc3)cc2c1C. The molecule has 0 saturated heterocycles. The Morgan fingerprint density at radius 1 is 1.07 bits per heavy atom. The lowest BCUT2D eigenvalue weighted by Gasteiger charge is -2.25. The normalized spacial score (nSPS) is 12.6. The molecule has 0 radical (unpaired) electrons. The molecular weight excluding hydrogens is 530 g/mol. The first-order valence-corrected chi connectivity index (χ1v) is 14.7. The Bertz CT molecular complexity index is 1470. The van der Waals surface area contributed by atoms with E-state index < -0.39 is 5.97 Å². The van der Waals surface area contributed by atoms with Crippen molar-refractivity contribution in [3.63, 3.8) is 0 Å². The molecule has 2 heterocycles. The van der Waals surface area contributed by atoms with Gasteiger partial charge in [-0.25, -0.2) is 0 Å². The maximum Gasteiger partial charge on any atom is 0.305 e. The molecule has 4 rings (SSSR count). The Hall–Kier alpha value is -4.33. The predicted molar refractivity (Wildman–Crippen MR) is 165 cm³/mol. The highest BCUT2D eigenvalue weighted by Gasteiger charge is 2.26. The molecule has 0 bridgehead atoms. The molecule has 2 unspecified atom stereocenters. The number of fused-ring (bicyclic) bond motifs is 1. The fourth-order valence-electron chi connectivity index (χ4n) is 5.07. The summed E-state index contributed by atoms with van der Waals surface area (Å²) in [6.45, 7) is 7.17. The van der Waals surface area contributed by atoms with Crippen LogP contribution in [0.3, 0.4) is 0 Å². The second kappa shape index (κ2) is 14.5. The maximum atomic E-state index is 12.8. The molecule has 222 valence electrons. The summed E-state index contributed by atoms with van der Waals surface area (Å²) in [5.41, 5.74) is 4.34. The fourth-order valence-corrected chi connectivity index (χ4v) is 5.07. The number of pyridine rings is 1. The Labute approximate surface area is 247 Å². The summed E-state index contributed by atoms with van der Waals surface area (Å²) in [5.74, 6) is 0.838. The van der Waals surface area contributed by atoms with Gasteiger partial charge in [0.25, 0.3) is 5.91 Å². The van der Waals surface area contributed by atoms with Gasteiger partial charge in [-0.2, -0.15) is 0 Å². The van der Waals surface area contributed by atoms with E-state index in [9.17, 15) is 9.59 Å². The highest BCUT2D eigenvalue weighted by atomic mass is 16.5. The zero-order chi connectivity index (χ0) is 30.1. The van der Waals surface area contributed by atoms with E-state index in [4.69, 9.17) is 14.3 Å². The van der Waals surface area contributed by atoms with Crippen molar-refractivity contribution in [2.24, 2.45) is 5.92 Å². The van der Waals surface area contributed by atoms with E-state index in [1.807, 2.05) is 42.5 Å². The molecule has 42 heavy (non-hydrogen) atoms. The summed E-state index contributed by atoms with van der Waals surface area (Å²) >= 11 is 0. The summed E-state index contributed by atoms with van der Waals surface area (Å²) in [5, 5.41) is 13.6. The van der Waals surface area contributed by atoms with Crippen LogP contribution in [0.4, 0.5) is 5.69 Å². The maximum absolute atomic E-state index is 12.8. The van der Waals surface area contributed by atoms with Crippen molar-refractivity contribution < 1.29 is 23.8 Å². The van der Waals surface area contributed by atoms with Gasteiger partial charge in [0, 0.05) is 48.2 Å². The van der Waals surface area contributed by atoms with Gasteiger partial charge in [0.15, 0.2) is 0 Å². The second-order valence-corrected chi connectivity index (χ2v) is 10.9. The van der Waals surface area contributed by atoms with Crippen LogP contribution in [0.15, 0.2) is 71.4 Å². The van der Waals surface area contributed by atoms with Gasteiger partial charge in [-0.1, -0.05) is 33.1 Å². The van der Waals surface area contributed by atoms with Gasteiger partial charge in [-0.05, 0) is 79.4 Å². The summed E-state index contributed by atoms with van der Waals surface area (Å²) < 4.78 is 12.5. The van der Waals surface area contributed by atoms with E-state index >= 15 is 0 Å². The molecular formula is C34H41N3O5. The van der Waals surface area contributed by atoms with E-state index in [1.165, 1.54) is 11.3 Å². The van der Waals surface area contributed by atoms with Crippen LogP contribution in [-0.4, -0.2) is 40.5 Å². The lowest BCUT2D eigenvalue weighted by Crippen LogP contribution is -2.29. The molecule has 2 N–H and O–H groups in total. The number of carbonyl (C=O) groups is 2.